The summed E-state index contributed by atoms with van der Waals surface area (Å²) in [7, 11) is -2.88. The molecule has 2 heterocycles. The van der Waals surface area contributed by atoms with Crippen molar-refractivity contribution in [2.45, 2.75) is 39.3 Å². The number of hydrogen-bond donors (Lipinski definition) is 1. The van der Waals surface area contributed by atoms with E-state index < -0.39 is 9.84 Å². The van der Waals surface area contributed by atoms with Gasteiger partial charge in [0.25, 0.3) is 0 Å². The first-order chi connectivity index (χ1) is 9.75. The molecule has 0 unspecified atom stereocenters. The minimum absolute atomic E-state index is 0.0696. The summed E-state index contributed by atoms with van der Waals surface area (Å²) in [5, 5.41) is 3.45. The van der Waals surface area contributed by atoms with Crippen LogP contribution in [0.25, 0.3) is 0 Å². The molecule has 1 aliphatic heterocycles. The number of rotatable bonds is 3. The molecule has 118 valence electrons. The van der Waals surface area contributed by atoms with Gasteiger partial charge in [0.1, 0.15) is 5.82 Å². The Morgan fingerprint density at radius 2 is 2.05 bits per heavy atom. The molecule has 2 rings (SSSR count). The highest BCUT2D eigenvalue weighted by Crippen LogP contribution is 2.16. The van der Waals surface area contributed by atoms with E-state index in [1.807, 2.05) is 6.07 Å². The maximum absolute atomic E-state index is 11.7. The number of sulfone groups is 1. The summed E-state index contributed by atoms with van der Waals surface area (Å²) in [6.45, 7) is 8.47. The molecule has 1 aliphatic rings. The van der Waals surface area contributed by atoms with Crippen molar-refractivity contribution in [1.29, 1.82) is 0 Å². The van der Waals surface area contributed by atoms with Gasteiger partial charge >= 0.3 is 0 Å². The summed E-state index contributed by atoms with van der Waals surface area (Å²) in [5.41, 5.74) is 1.24. The number of anilines is 1. The fraction of sp³-hybridized carbons (Fsp3) is 0.667. The van der Waals surface area contributed by atoms with Crippen LogP contribution in [0.3, 0.4) is 0 Å². The molecule has 5 nitrogen and oxygen atoms in total. The second-order valence-corrected chi connectivity index (χ2v) is 8.92. The molecule has 1 fully saturated rings. The van der Waals surface area contributed by atoms with Gasteiger partial charge in [-0.05, 0) is 44.9 Å². The lowest BCUT2D eigenvalue weighted by atomic mass is 10.1. The lowest BCUT2D eigenvalue weighted by Crippen LogP contribution is -2.35. The molecule has 0 bridgehead atoms. The van der Waals surface area contributed by atoms with E-state index in [-0.39, 0.29) is 17.0 Å². The molecule has 1 aromatic rings. The lowest BCUT2D eigenvalue weighted by Gasteiger charge is -2.23. The molecule has 0 aromatic carbocycles. The minimum atomic E-state index is -2.88. The van der Waals surface area contributed by atoms with Crippen molar-refractivity contribution in [2.75, 3.05) is 29.5 Å². The Morgan fingerprint density at radius 1 is 1.29 bits per heavy atom. The summed E-state index contributed by atoms with van der Waals surface area (Å²) in [5.74, 6) is 1.38. The molecule has 0 saturated carbocycles. The molecule has 0 aliphatic carbocycles. The van der Waals surface area contributed by atoms with Crippen LogP contribution in [-0.4, -0.2) is 43.5 Å². The van der Waals surface area contributed by atoms with E-state index in [0.717, 1.165) is 18.9 Å². The van der Waals surface area contributed by atoms with Crippen molar-refractivity contribution < 1.29 is 8.42 Å². The third kappa shape index (κ3) is 5.28. The third-order valence-electron chi connectivity index (χ3n) is 3.51. The number of nitrogens with zero attached hydrogens (tertiary/aromatic N) is 2. The van der Waals surface area contributed by atoms with Crippen LogP contribution in [0.4, 0.5) is 5.82 Å². The van der Waals surface area contributed by atoms with Gasteiger partial charge in [0, 0.05) is 31.4 Å². The Bertz CT molecular complexity index is 579. The highest BCUT2D eigenvalue weighted by molar-refractivity contribution is 7.91. The lowest BCUT2D eigenvalue weighted by molar-refractivity contribution is 0.424. The average Bonchev–Trinajstić information content (AvgIpc) is 2.57. The molecule has 1 saturated heterocycles. The number of hydrogen-bond acceptors (Lipinski definition) is 5. The molecule has 1 N–H and O–H groups in total. The van der Waals surface area contributed by atoms with Crippen LogP contribution < -0.4 is 10.2 Å². The van der Waals surface area contributed by atoms with E-state index in [1.165, 1.54) is 5.56 Å². The fourth-order valence-electron chi connectivity index (χ4n) is 2.28. The van der Waals surface area contributed by atoms with Crippen LogP contribution in [0.15, 0.2) is 18.3 Å². The molecule has 0 radical (unpaired) electrons. The molecule has 6 heteroatoms. The number of pyridine rings is 1. The van der Waals surface area contributed by atoms with Crippen molar-refractivity contribution in [2.24, 2.45) is 0 Å². The first-order valence-electron chi connectivity index (χ1n) is 7.41. The van der Waals surface area contributed by atoms with Crippen molar-refractivity contribution in [3.63, 3.8) is 0 Å². The topological polar surface area (TPSA) is 62.3 Å². The zero-order valence-electron chi connectivity index (χ0n) is 13.1. The van der Waals surface area contributed by atoms with Crippen LogP contribution in [0, 0.1) is 0 Å². The third-order valence-corrected chi connectivity index (χ3v) is 5.23. The van der Waals surface area contributed by atoms with Crippen molar-refractivity contribution >= 4 is 15.7 Å². The van der Waals surface area contributed by atoms with Crippen LogP contribution in [0.2, 0.25) is 0 Å². The van der Waals surface area contributed by atoms with Gasteiger partial charge in [0.15, 0.2) is 9.84 Å². The Labute approximate surface area is 127 Å². The SMILES string of the molecule is CC(C)(C)NCc1ccnc(N2CCCS(=O)(=O)CC2)c1. The summed E-state index contributed by atoms with van der Waals surface area (Å²) >= 11 is 0. The quantitative estimate of drug-likeness (QED) is 0.918. The van der Waals surface area contributed by atoms with E-state index in [0.29, 0.717) is 13.0 Å². The highest BCUT2D eigenvalue weighted by Gasteiger charge is 2.20. The Balaban J connectivity index is 2.06. The smallest absolute Gasteiger partial charge is 0.152 e. The van der Waals surface area contributed by atoms with E-state index >= 15 is 0 Å². The maximum Gasteiger partial charge on any atom is 0.152 e. The average molecular weight is 311 g/mol. The highest BCUT2D eigenvalue weighted by atomic mass is 32.2. The summed E-state index contributed by atoms with van der Waals surface area (Å²) in [4.78, 5) is 6.47. The van der Waals surface area contributed by atoms with Gasteiger partial charge in [0.2, 0.25) is 0 Å². The van der Waals surface area contributed by atoms with Gasteiger partial charge in [0.05, 0.1) is 11.5 Å². The summed E-state index contributed by atoms with van der Waals surface area (Å²) in [6, 6.07) is 4.05. The van der Waals surface area contributed by atoms with Crippen LogP contribution in [0.1, 0.15) is 32.8 Å². The Hall–Kier alpha value is -1.14. The molecular formula is C15H25N3O2S. The van der Waals surface area contributed by atoms with Crippen LogP contribution in [0.5, 0.6) is 0 Å². The van der Waals surface area contributed by atoms with Crippen LogP contribution in [-0.2, 0) is 16.4 Å². The molecular weight excluding hydrogens is 286 g/mol. The molecule has 0 atom stereocenters. The van der Waals surface area contributed by atoms with E-state index in [1.54, 1.807) is 6.20 Å². The van der Waals surface area contributed by atoms with Gasteiger partial charge in [-0.15, -0.1) is 0 Å². The number of nitrogens with one attached hydrogen (secondary N) is 1. The van der Waals surface area contributed by atoms with Gasteiger partial charge in [-0.2, -0.15) is 0 Å². The fourth-order valence-corrected chi connectivity index (χ4v) is 3.55. The zero-order chi connectivity index (χ0) is 15.5. The Morgan fingerprint density at radius 3 is 2.76 bits per heavy atom. The summed E-state index contributed by atoms with van der Waals surface area (Å²) < 4.78 is 23.3. The van der Waals surface area contributed by atoms with Crippen LogP contribution >= 0.6 is 0 Å². The normalized spacial score (nSPS) is 19.3. The van der Waals surface area contributed by atoms with Gasteiger partial charge < -0.3 is 10.2 Å². The van der Waals surface area contributed by atoms with Crippen molar-refractivity contribution in [1.82, 2.24) is 10.3 Å². The van der Waals surface area contributed by atoms with Gasteiger partial charge in [-0.25, -0.2) is 13.4 Å². The van der Waals surface area contributed by atoms with Gasteiger partial charge in [-0.1, -0.05) is 0 Å². The first kappa shape index (κ1) is 16.2. The number of aromatic nitrogens is 1. The van der Waals surface area contributed by atoms with E-state index in [4.69, 9.17) is 0 Å². The second kappa shape index (κ2) is 6.32. The molecule has 0 amide bonds. The van der Waals surface area contributed by atoms with E-state index in [9.17, 15) is 8.42 Å². The second-order valence-electron chi connectivity index (χ2n) is 6.62. The monoisotopic (exact) mass is 311 g/mol. The Kier molecular flexibility index (Phi) is 4.88. The molecule has 21 heavy (non-hydrogen) atoms. The predicted molar refractivity (Wildman–Crippen MR) is 86.3 cm³/mol. The van der Waals surface area contributed by atoms with Crippen molar-refractivity contribution in [3.8, 4) is 0 Å². The summed E-state index contributed by atoms with van der Waals surface area (Å²) in [6.07, 6.45) is 2.48. The standard InChI is InChI=1S/C15H25N3O2S/c1-15(2,3)17-12-13-5-6-16-14(11-13)18-7-4-9-21(19,20)10-8-18/h5-6,11,17H,4,7-10,12H2,1-3H3. The largest absolute Gasteiger partial charge is 0.356 e. The maximum atomic E-state index is 11.7. The molecule has 1 aromatic heterocycles. The van der Waals surface area contributed by atoms with E-state index in [2.05, 4.69) is 42.0 Å². The first-order valence-corrected chi connectivity index (χ1v) is 9.23. The predicted octanol–water partition coefficient (Wildman–Crippen LogP) is 1.59. The minimum Gasteiger partial charge on any atom is -0.356 e. The zero-order valence-corrected chi connectivity index (χ0v) is 13.9. The van der Waals surface area contributed by atoms with Gasteiger partial charge in [-0.3, -0.25) is 0 Å². The molecule has 0 spiro atoms. The van der Waals surface area contributed by atoms with Crippen molar-refractivity contribution in [3.05, 3.63) is 23.9 Å².